The first-order chi connectivity index (χ1) is 9.65. The van der Waals surface area contributed by atoms with Gasteiger partial charge < -0.3 is 15.5 Å². The van der Waals surface area contributed by atoms with Crippen molar-refractivity contribution in [2.24, 2.45) is 0 Å². The second-order valence-corrected chi connectivity index (χ2v) is 4.56. The van der Waals surface area contributed by atoms with Gasteiger partial charge in [0.25, 0.3) is 0 Å². The fourth-order valence-corrected chi connectivity index (χ4v) is 2.16. The average Bonchev–Trinajstić information content (AvgIpc) is 2.87. The molecular formula is C14H14FN5. The molecule has 0 aliphatic heterocycles. The van der Waals surface area contributed by atoms with Gasteiger partial charge in [0, 0.05) is 18.0 Å². The van der Waals surface area contributed by atoms with Crippen molar-refractivity contribution in [1.82, 2.24) is 14.4 Å². The van der Waals surface area contributed by atoms with E-state index >= 15 is 0 Å². The van der Waals surface area contributed by atoms with Gasteiger partial charge in [-0.3, -0.25) is 0 Å². The normalized spacial score (nSPS) is 12.5. The van der Waals surface area contributed by atoms with E-state index in [0.29, 0.717) is 22.8 Å². The van der Waals surface area contributed by atoms with Crippen LogP contribution in [0.25, 0.3) is 5.65 Å². The minimum Gasteiger partial charge on any atom is -0.382 e. The summed E-state index contributed by atoms with van der Waals surface area (Å²) >= 11 is 0. The van der Waals surface area contributed by atoms with Crippen molar-refractivity contribution >= 4 is 17.3 Å². The number of imidazole rings is 1. The van der Waals surface area contributed by atoms with Gasteiger partial charge in [0.15, 0.2) is 11.5 Å². The molecule has 3 aromatic rings. The Hall–Kier alpha value is -2.63. The van der Waals surface area contributed by atoms with Crippen molar-refractivity contribution in [3.8, 4) is 0 Å². The molecule has 0 radical (unpaired) electrons. The maximum absolute atomic E-state index is 13.8. The van der Waals surface area contributed by atoms with Gasteiger partial charge in [-0.05, 0) is 13.0 Å². The quantitative estimate of drug-likeness (QED) is 0.768. The number of nitrogens with two attached hydrogens (primary N) is 1. The number of halogens is 1. The lowest BCUT2D eigenvalue weighted by molar-refractivity contribution is 0.600. The van der Waals surface area contributed by atoms with Crippen molar-refractivity contribution < 1.29 is 4.39 Å². The summed E-state index contributed by atoms with van der Waals surface area (Å²) in [4.78, 5) is 8.45. The number of fused-ring (bicyclic) bond motifs is 1. The summed E-state index contributed by atoms with van der Waals surface area (Å²) in [6, 6.07) is 6.39. The lowest BCUT2D eigenvalue weighted by Crippen LogP contribution is -2.11. The molecule has 0 aliphatic carbocycles. The monoisotopic (exact) mass is 271 g/mol. The molecule has 5 nitrogen and oxygen atoms in total. The molecule has 0 bridgehead atoms. The Balaban J connectivity index is 1.97. The smallest absolute Gasteiger partial charge is 0.180 e. The molecule has 0 spiro atoms. The molecule has 0 saturated heterocycles. The Morgan fingerprint density at radius 3 is 2.95 bits per heavy atom. The van der Waals surface area contributed by atoms with E-state index < -0.39 is 0 Å². The second-order valence-electron chi connectivity index (χ2n) is 4.56. The van der Waals surface area contributed by atoms with Crippen LogP contribution in [0.2, 0.25) is 0 Å². The van der Waals surface area contributed by atoms with Crippen LogP contribution in [0.1, 0.15) is 18.5 Å². The van der Waals surface area contributed by atoms with Crippen molar-refractivity contribution in [1.29, 1.82) is 0 Å². The molecule has 6 heteroatoms. The summed E-state index contributed by atoms with van der Waals surface area (Å²) in [6.07, 6.45) is 5.13. The van der Waals surface area contributed by atoms with Gasteiger partial charge in [0.05, 0.1) is 12.2 Å². The van der Waals surface area contributed by atoms with Gasteiger partial charge in [-0.2, -0.15) is 0 Å². The summed E-state index contributed by atoms with van der Waals surface area (Å²) in [6.45, 7) is 1.86. The minimum absolute atomic E-state index is 0.244. The second kappa shape index (κ2) is 4.80. The molecule has 20 heavy (non-hydrogen) atoms. The number of aromatic nitrogens is 3. The van der Waals surface area contributed by atoms with Gasteiger partial charge >= 0.3 is 0 Å². The Labute approximate surface area is 115 Å². The molecule has 0 amide bonds. The maximum Gasteiger partial charge on any atom is 0.180 e. The highest BCUT2D eigenvalue weighted by Gasteiger charge is 2.13. The molecule has 2 heterocycles. The van der Waals surface area contributed by atoms with Crippen molar-refractivity contribution in [3.05, 3.63) is 54.2 Å². The number of nitrogen functional groups attached to an aromatic ring is 1. The summed E-state index contributed by atoms with van der Waals surface area (Å²) in [7, 11) is 0. The fourth-order valence-electron chi connectivity index (χ4n) is 2.16. The summed E-state index contributed by atoms with van der Waals surface area (Å²) < 4.78 is 15.5. The largest absolute Gasteiger partial charge is 0.382 e. The summed E-state index contributed by atoms with van der Waals surface area (Å²) in [5.74, 6) is 0.653. The van der Waals surface area contributed by atoms with Gasteiger partial charge in [0.2, 0.25) is 0 Å². The van der Waals surface area contributed by atoms with Crippen LogP contribution in [0.4, 0.5) is 16.0 Å². The summed E-state index contributed by atoms with van der Waals surface area (Å²) in [5.41, 5.74) is 6.98. The van der Waals surface area contributed by atoms with Crippen LogP contribution in [0, 0.1) is 5.82 Å². The van der Waals surface area contributed by atoms with Gasteiger partial charge in [-0.25, -0.2) is 14.4 Å². The number of anilines is 2. The number of benzene rings is 1. The lowest BCUT2D eigenvalue weighted by Gasteiger charge is -2.16. The molecule has 3 N–H and O–H groups in total. The molecule has 102 valence electrons. The van der Waals surface area contributed by atoms with E-state index in [0.717, 1.165) is 0 Å². The number of nitrogens with one attached hydrogen (secondary N) is 1. The van der Waals surface area contributed by atoms with Gasteiger partial charge in [0.1, 0.15) is 11.6 Å². The number of nitrogens with zero attached hydrogens (tertiary/aromatic N) is 3. The Morgan fingerprint density at radius 1 is 1.35 bits per heavy atom. The van der Waals surface area contributed by atoms with Crippen LogP contribution in [0.5, 0.6) is 0 Å². The molecule has 0 fully saturated rings. The average molecular weight is 271 g/mol. The molecule has 0 aliphatic rings. The zero-order valence-electron chi connectivity index (χ0n) is 10.9. The fraction of sp³-hybridized carbons (Fsp3) is 0.143. The van der Waals surface area contributed by atoms with Crippen molar-refractivity contribution in [3.63, 3.8) is 0 Å². The SMILES string of the molecule is CC(Nc1nc(N)cn2ccnc12)c1ccccc1F. The topological polar surface area (TPSA) is 68.2 Å². The van der Waals surface area contributed by atoms with Crippen LogP contribution in [-0.4, -0.2) is 14.4 Å². The van der Waals surface area contributed by atoms with Crippen LogP contribution in [0.3, 0.4) is 0 Å². The van der Waals surface area contributed by atoms with E-state index in [1.807, 2.05) is 6.92 Å². The van der Waals surface area contributed by atoms with E-state index in [2.05, 4.69) is 15.3 Å². The highest BCUT2D eigenvalue weighted by atomic mass is 19.1. The Kier molecular flexibility index (Phi) is 2.98. The molecular weight excluding hydrogens is 257 g/mol. The highest BCUT2D eigenvalue weighted by Crippen LogP contribution is 2.23. The van der Waals surface area contributed by atoms with Gasteiger partial charge in [-0.15, -0.1) is 0 Å². The Bertz CT molecular complexity index is 752. The van der Waals surface area contributed by atoms with E-state index in [-0.39, 0.29) is 11.9 Å². The van der Waals surface area contributed by atoms with Crippen LogP contribution < -0.4 is 11.1 Å². The number of hydrogen-bond donors (Lipinski definition) is 2. The molecule has 2 aromatic heterocycles. The van der Waals surface area contributed by atoms with Crippen molar-refractivity contribution in [2.45, 2.75) is 13.0 Å². The molecule has 1 atom stereocenters. The predicted octanol–water partition coefficient (Wildman–Crippen LogP) is 2.62. The minimum atomic E-state index is -0.254. The first-order valence-corrected chi connectivity index (χ1v) is 6.25. The van der Waals surface area contributed by atoms with E-state index in [4.69, 9.17) is 5.73 Å². The zero-order valence-corrected chi connectivity index (χ0v) is 10.9. The van der Waals surface area contributed by atoms with E-state index in [1.165, 1.54) is 6.07 Å². The molecule has 3 rings (SSSR count). The standard InChI is InChI=1S/C14H14FN5/c1-9(10-4-2-3-5-11(10)15)18-13-14-17-6-7-20(14)8-12(16)19-13/h2-9H,16H2,1H3,(H,18,19). The molecule has 1 aromatic carbocycles. The number of rotatable bonds is 3. The van der Waals surface area contributed by atoms with Gasteiger partial charge in [-0.1, -0.05) is 18.2 Å². The highest BCUT2D eigenvalue weighted by molar-refractivity contribution is 5.65. The Morgan fingerprint density at radius 2 is 2.15 bits per heavy atom. The maximum atomic E-state index is 13.8. The lowest BCUT2D eigenvalue weighted by atomic mass is 10.1. The third-order valence-corrected chi connectivity index (χ3v) is 3.12. The first-order valence-electron chi connectivity index (χ1n) is 6.25. The van der Waals surface area contributed by atoms with Crippen LogP contribution in [0.15, 0.2) is 42.9 Å². The van der Waals surface area contributed by atoms with E-state index in [1.54, 1.807) is 41.2 Å². The third-order valence-electron chi connectivity index (χ3n) is 3.12. The van der Waals surface area contributed by atoms with E-state index in [9.17, 15) is 4.39 Å². The zero-order chi connectivity index (χ0) is 14.1. The third kappa shape index (κ3) is 2.16. The molecule has 1 unspecified atom stereocenters. The van der Waals surface area contributed by atoms with Crippen molar-refractivity contribution in [2.75, 3.05) is 11.1 Å². The van der Waals surface area contributed by atoms with Crippen LogP contribution >= 0.6 is 0 Å². The van der Waals surface area contributed by atoms with Crippen LogP contribution in [-0.2, 0) is 0 Å². The number of hydrogen-bond acceptors (Lipinski definition) is 4. The first kappa shape index (κ1) is 12.4. The summed E-state index contributed by atoms with van der Waals surface area (Å²) in [5, 5.41) is 3.15. The molecule has 0 saturated carbocycles. The predicted molar refractivity (Wildman–Crippen MR) is 75.8 cm³/mol.